The molecular weight excluding hydrogens is 476 g/mol. The molecule has 4 aromatic carbocycles. The van der Waals surface area contributed by atoms with E-state index in [-0.39, 0.29) is 5.78 Å². The number of fused-ring (bicyclic) bond motifs is 6. The van der Waals surface area contributed by atoms with Crippen LogP contribution < -0.4 is 0 Å². The Morgan fingerprint density at radius 2 is 1.24 bits per heavy atom. The van der Waals surface area contributed by atoms with Gasteiger partial charge in [-0.3, -0.25) is 4.79 Å². The van der Waals surface area contributed by atoms with E-state index in [4.69, 9.17) is 18.9 Å². The maximum Gasteiger partial charge on any atom is 0.215 e. The van der Waals surface area contributed by atoms with Crippen molar-refractivity contribution in [2.75, 3.05) is 21.3 Å². The number of hydrogen-bond acceptors (Lipinski definition) is 5. The average molecular weight is 505 g/mol. The quantitative estimate of drug-likeness (QED) is 0.307. The van der Waals surface area contributed by atoms with Crippen LogP contribution in [-0.2, 0) is 36.1 Å². The van der Waals surface area contributed by atoms with Crippen molar-refractivity contribution in [2.24, 2.45) is 5.41 Å². The van der Waals surface area contributed by atoms with E-state index in [0.717, 1.165) is 27.8 Å². The Hall–Kier alpha value is -3.61. The zero-order valence-electron chi connectivity index (χ0n) is 21.5. The first-order chi connectivity index (χ1) is 18.6. The number of ketones is 1. The molecule has 0 amide bonds. The fourth-order valence-electron chi connectivity index (χ4n) is 7.81. The molecule has 4 aromatic rings. The van der Waals surface area contributed by atoms with Crippen LogP contribution in [0.5, 0.6) is 0 Å². The smallest absolute Gasteiger partial charge is 0.215 e. The molecule has 2 aliphatic carbocycles. The maximum absolute atomic E-state index is 15.3. The van der Waals surface area contributed by atoms with Crippen molar-refractivity contribution in [1.29, 1.82) is 0 Å². The third-order valence-electron chi connectivity index (χ3n) is 8.96. The van der Waals surface area contributed by atoms with Gasteiger partial charge in [0.15, 0.2) is 5.78 Å². The fourth-order valence-corrected chi connectivity index (χ4v) is 7.81. The van der Waals surface area contributed by atoms with E-state index in [1.54, 1.807) is 21.3 Å². The number of carbonyl (C=O) groups is 1. The second-order valence-electron chi connectivity index (χ2n) is 10.1. The van der Waals surface area contributed by atoms with Crippen molar-refractivity contribution >= 4 is 5.78 Å². The molecule has 0 radical (unpaired) electrons. The van der Waals surface area contributed by atoms with Gasteiger partial charge in [-0.25, -0.2) is 0 Å². The van der Waals surface area contributed by atoms with Crippen molar-refractivity contribution < 1.29 is 23.7 Å². The maximum atomic E-state index is 15.3. The van der Waals surface area contributed by atoms with Crippen LogP contribution in [0.3, 0.4) is 0 Å². The molecule has 0 N–H and O–H groups in total. The number of Topliss-reactive ketones (excluding diaryl/α,β-unsaturated/α-hetero) is 1. The van der Waals surface area contributed by atoms with Crippen LogP contribution in [0, 0.1) is 5.41 Å². The highest BCUT2D eigenvalue weighted by atomic mass is 16.8. The average Bonchev–Trinajstić information content (AvgIpc) is 3.52. The molecule has 0 spiro atoms. The Morgan fingerprint density at radius 1 is 0.658 bits per heavy atom. The second kappa shape index (κ2) is 7.95. The van der Waals surface area contributed by atoms with E-state index in [2.05, 4.69) is 12.1 Å². The van der Waals surface area contributed by atoms with Crippen LogP contribution in [0.2, 0.25) is 0 Å². The van der Waals surface area contributed by atoms with Gasteiger partial charge in [0, 0.05) is 38.0 Å². The summed E-state index contributed by atoms with van der Waals surface area (Å²) < 4.78 is 26.8. The minimum atomic E-state index is -1.51. The fraction of sp³-hybridized carbons (Fsp3) is 0.242. The molecule has 3 aliphatic rings. The molecule has 0 aromatic heterocycles. The van der Waals surface area contributed by atoms with Crippen LogP contribution in [0.15, 0.2) is 109 Å². The highest BCUT2D eigenvalue weighted by Crippen LogP contribution is 2.83. The molecule has 5 heteroatoms. The topological polar surface area (TPSA) is 54.0 Å². The number of benzene rings is 4. The standard InChI is InChI=1S/C33H28O5/c1-35-31-25-19-11-10-18-24(25)28-30(31,29(34)22-14-6-4-7-15-22)33(37-3,27-21-13-12-20-26(27)31)38-32(28,36-2)23-16-8-5-9-17-23/h4-21,28H,1-3H3/t28-,30?,31+,32-,33+/m0/s1. The summed E-state index contributed by atoms with van der Waals surface area (Å²) >= 11 is 0. The molecule has 0 bridgehead atoms. The summed E-state index contributed by atoms with van der Waals surface area (Å²) in [5, 5.41) is 0. The first-order valence-electron chi connectivity index (χ1n) is 12.8. The van der Waals surface area contributed by atoms with Gasteiger partial charge in [0.1, 0.15) is 11.0 Å². The minimum absolute atomic E-state index is 0.117. The predicted octanol–water partition coefficient (Wildman–Crippen LogP) is 5.89. The largest absolute Gasteiger partial charge is 0.367 e. The molecule has 1 fully saturated rings. The van der Waals surface area contributed by atoms with Crippen LogP contribution in [0.4, 0.5) is 0 Å². The molecule has 1 unspecified atom stereocenters. The van der Waals surface area contributed by atoms with Gasteiger partial charge in [-0.05, 0) is 16.7 Å². The molecule has 1 saturated heterocycles. The SMILES string of the molecule is CO[C@@]1(c2ccccc2)O[C@]2(OC)c3ccccc3[C@]3(OC)c4ccccc4[C@H]1C23C(=O)c1ccccc1. The van der Waals surface area contributed by atoms with Crippen molar-refractivity contribution in [3.8, 4) is 0 Å². The molecule has 38 heavy (non-hydrogen) atoms. The molecule has 190 valence electrons. The zero-order chi connectivity index (χ0) is 26.2. The van der Waals surface area contributed by atoms with E-state index >= 15 is 4.79 Å². The highest BCUT2D eigenvalue weighted by molar-refractivity contribution is 6.06. The predicted molar refractivity (Wildman–Crippen MR) is 142 cm³/mol. The first kappa shape index (κ1) is 23.5. The Morgan fingerprint density at radius 3 is 1.87 bits per heavy atom. The van der Waals surface area contributed by atoms with Gasteiger partial charge in [-0.2, -0.15) is 0 Å². The summed E-state index contributed by atoms with van der Waals surface area (Å²) in [5.41, 5.74) is 2.28. The molecular formula is C33H28O5. The van der Waals surface area contributed by atoms with Crippen LogP contribution in [0.1, 0.15) is 44.1 Å². The number of rotatable bonds is 6. The number of carbonyl (C=O) groups excluding carboxylic acids is 1. The van der Waals surface area contributed by atoms with Gasteiger partial charge in [-0.1, -0.05) is 109 Å². The van der Waals surface area contributed by atoms with E-state index in [1.807, 2.05) is 97.1 Å². The van der Waals surface area contributed by atoms with E-state index in [0.29, 0.717) is 5.56 Å². The Labute approximate surface area is 221 Å². The molecule has 1 heterocycles. The van der Waals surface area contributed by atoms with Crippen molar-refractivity contribution in [1.82, 2.24) is 0 Å². The lowest BCUT2D eigenvalue weighted by Crippen LogP contribution is -2.57. The lowest BCUT2D eigenvalue weighted by molar-refractivity contribution is -0.338. The summed E-state index contributed by atoms with van der Waals surface area (Å²) in [6, 6.07) is 35.2. The lowest BCUT2D eigenvalue weighted by Gasteiger charge is -2.45. The Kier molecular flexibility index (Phi) is 4.92. The third kappa shape index (κ3) is 2.32. The van der Waals surface area contributed by atoms with Gasteiger partial charge in [0.2, 0.25) is 11.6 Å². The zero-order valence-corrected chi connectivity index (χ0v) is 21.5. The Balaban J connectivity index is 1.71. The van der Waals surface area contributed by atoms with Gasteiger partial charge < -0.3 is 18.9 Å². The normalized spacial score (nSPS) is 32.0. The number of methoxy groups -OCH3 is 3. The summed E-state index contributed by atoms with van der Waals surface area (Å²) in [6.07, 6.45) is 0. The first-order valence-corrected chi connectivity index (χ1v) is 12.8. The monoisotopic (exact) mass is 504 g/mol. The van der Waals surface area contributed by atoms with Crippen molar-refractivity contribution in [3.63, 3.8) is 0 Å². The van der Waals surface area contributed by atoms with Gasteiger partial charge >= 0.3 is 0 Å². The molecule has 5 atom stereocenters. The van der Waals surface area contributed by atoms with Gasteiger partial charge in [0.05, 0.1) is 5.92 Å². The van der Waals surface area contributed by atoms with Gasteiger partial charge in [-0.15, -0.1) is 0 Å². The molecule has 5 nitrogen and oxygen atoms in total. The summed E-state index contributed by atoms with van der Waals surface area (Å²) in [7, 11) is 4.93. The van der Waals surface area contributed by atoms with Crippen LogP contribution in [-0.4, -0.2) is 27.1 Å². The summed E-state index contributed by atoms with van der Waals surface area (Å²) in [5.74, 6) is -3.57. The van der Waals surface area contributed by atoms with E-state index in [1.165, 1.54) is 0 Å². The van der Waals surface area contributed by atoms with E-state index in [9.17, 15) is 0 Å². The van der Waals surface area contributed by atoms with Crippen molar-refractivity contribution in [3.05, 3.63) is 143 Å². The summed E-state index contributed by atoms with van der Waals surface area (Å²) in [6.45, 7) is 0. The number of ether oxygens (including phenoxy) is 4. The minimum Gasteiger partial charge on any atom is -0.367 e. The lowest BCUT2D eigenvalue weighted by atomic mass is 9.60. The summed E-state index contributed by atoms with van der Waals surface area (Å²) in [4.78, 5) is 15.3. The Bertz CT molecular complexity index is 1550. The highest BCUT2D eigenvalue weighted by Gasteiger charge is 2.90. The molecule has 0 saturated carbocycles. The van der Waals surface area contributed by atoms with E-state index < -0.39 is 28.5 Å². The van der Waals surface area contributed by atoms with Crippen LogP contribution >= 0.6 is 0 Å². The number of hydrogen-bond donors (Lipinski definition) is 0. The molecule has 1 aliphatic heterocycles. The third-order valence-corrected chi connectivity index (χ3v) is 8.96. The molecule has 7 rings (SSSR count). The second-order valence-corrected chi connectivity index (χ2v) is 10.1. The van der Waals surface area contributed by atoms with Crippen LogP contribution in [0.25, 0.3) is 0 Å². The van der Waals surface area contributed by atoms with Crippen molar-refractivity contribution in [2.45, 2.75) is 23.1 Å². The van der Waals surface area contributed by atoms with Gasteiger partial charge in [0.25, 0.3) is 0 Å².